The van der Waals surface area contributed by atoms with E-state index in [9.17, 15) is 9.59 Å². The van der Waals surface area contributed by atoms with Crippen LogP contribution in [0, 0.1) is 0 Å². The Morgan fingerprint density at radius 1 is 1.50 bits per heavy atom. The fourth-order valence-electron chi connectivity index (χ4n) is 1.73. The third-order valence-electron chi connectivity index (χ3n) is 2.63. The summed E-state index contributed by atoms with van der Waals surface area (Å²) < 4.78 is 5.05. The zero-order valence-corrected chi connectivity index (χ0v) is 10.7. The third kappa shape index (κ3) is 2.45. The second-order valence-electron chi connectivity index (χ2n) is 3.77. The number of carboxylic acid groups (broad SMARTS) is 1. The van der Waals surface area contributed by atoms with Crippen LogP contribution in [0.15, 0.2) is 6.07 Å². The number of amides is 1. The number of H-pyrrole nitrogens is 1. The molecule has 1 aliphatic rings. The van der Waals surface area contributed by atoms with E-state index in [1.54, 1.807) is 0 Å². The number of rotatable bonds is 2. The van der Waals surface area contributed by atoms with Gasteiger partial charge in [0.2, 0.25) is 0 Å². The summed E-state index contributed by atoms with van der Waals surface area (Å²) in [5.74, 6) is -1.56. The molecular formula is C10H10Cl2N2O4. The minimum absolute atomic E-state index is 0.0246. The van der Waals surface area contributed by atoms with E-state index >= 15 is 0 Å². The Bertz CT molecular complexity index is 469. The molecule has 0 bridgehead atoms. The first-order chi connectivity index (χ1) is 8.50. The maximum atomic E-state index is 12.1. The van der Waals surface area contributed by atoms with Gasteiger partial charge < -0.3 is 19.7 Å². The molecule has 2 rings (SSSR count). The number of hydrogen-bond donors (Lipinski definition) is 2. The number of carbonyl (C=O) groups is 2. The van der Waals surface area contributed by atoms with Gasteiger partial charge in [0.25, 0.3) is 5.91 Å². The Balaban J connectivity index is 2.23. The standard InChI is InChI=1S/C10H10Cl2N2O4/c11-5-3-6(13-8(5)12)9(15)14-1-2-18-4-7(14)10(16)17/h3,7,13H,1-2,4H2,(H,16,17)/t7-/m1/s1. The number of ether oxygens (including phenoxy) is 1. The van der Waals surface area contributed by atoms with Gasteiger partial charge in [-0.25, -0.2) is 4.79 Å². The zero-order valence-electron chi connectivity index (χ0n) is 9.15. The molecule has 8 heteroatoms. The highest BCUT2D eigenvalue weighted by molar-refractivity contribution is 6.41. The molecule has 0 spiro atoms. The molecule has 1 saturated heterocycles. The highest BCUT2D eigenvalue weighted by Gasteiger charge is 2.34. The van der Waals surface area contributed by atoms with E-state index in [-0.39, 0.29) is 29.0 Å². The molecule has 1 aliphatic heterocycles. The number of aliphatic carboxylic acids is 1. The van der Waals surface area contributed by atoms with Crippen LogP contribution in [0.4, 0.5) is 0 Å². The number of aromatic amines is 1. The summed E-state index contributed by atoms with van der Waals surface area (Å²) in [6.45, 7) is 0.491. The lowest BCUT2D eigenvalue weighted by Gasteiger charge is -2.32. The summed E-state index contributed by atoms with van der Waals surface area (Å²) in [6.07, 6.45) is 0. The molecular weight excluding hydrogens is 283 g/mol. The van der Waals surface area contributed by atoms with Crippen LogP contribution in [0.2, 0.25) is 10.2 Å². The quantitative estimate of drug-likeness (QED) is 0.859. The van der Waals surface area contributed by atoms with Gasteiger partial charge in [-0.05, 0) is 6.07 Å². The van der Waals surface area contributed by atoms with Gasteiger partial charge in [-0.15, -0.1) is 0 Å². The summed E-state index contributed by atoms with van der Waals surface area (Å²) in [5.41, 5.74) is 0.165. The molecule has 0 radical (unpaired) electrons. The first kappa shape index (κ1) is 13.2. The van der Waals surface area contributed by atoms with E-state index in [4.69, 9.17) is 33.0 Å². The van der Waals surface area contributed by atoms with Crippen molar-refractivity contribution in [3.8, 4) is 0 Å². The molecule has 0 aliphatic carbocycles. The second-order valence-corrected chi connectivity index (χ2v) is 4.56. The predicted octanol–water partition coefficient (Wildman–Crippen LogP) is 1.25. The van der Waals surface area contributed by atoms with Gasteiger partial charge in [-0.1, -0.05) is 23.2 Å². The number of morpholine rings is 1. The molecule has 1 aromatic rings. The van der Waals surface area contributed by atoms with Crippen molar-refractivity contribution in [2.75, 3.05) is 19.8 Å². The number of carboxylic acids is 1. The Morgan fingerprint density at radius 2 is 2.22 bits per heavy atom. The normalized spacial score (nSPS) is 19.9. The Labute approximate surface area is 112 Å². The smallest absolute Gasteiger partial charge is 0.328 e. The molecule has 1 fully saturated rings. The maximum Gasteiger partial charge on any atom is 0.328 e. The average Bonchev–Trinajstić information content (AvgIpc) is 2.68. The van der Waals surface area contributed by atoms with Crippen molar-refractivity contribution in [3.63, 3.8) is 0 Å². The van der Waals surface area contributed by atoms with Gasteiger partial charge in [0.05, 0.1) is 18.2 Å². The van der Waals surface area contributed by atoms with Crippen LogP contribution in [0.3, 0.4) is 0 Å². The first-order valence-corrected chi connectivity index (χ1v) is 5.92. The number of halogens is 2. The molecule has 2 heterocycles. The van der Waals surface area contributed by atoms with Gasteiger partial charge in [0, 0.05) is 6.54 Å². The number of nitrogens with zero attached hydrogens (tertiary/aromatic N) is 1. The minimum Gasteiger partial charge on any atom is -0.480 e. The summed E-state index contributed by atoms with van der Waals surface area (Å²) >= 11 is 11.4. The van der Waals surface area contributed by atoms with E-state index in [0.29, 0.717) is 6.61 Å². The van der Waals surface area contributed by atoms with Crippen LogP contribution in [0.1, 0.15) is 10.5 Å². The van der Waals surface area contributed by atoms with Crippen LogP contribution in [-0.4, -0.2) is 52.7 Å². The fraction of sp³-hybridized carbons (Fsp3) is 0.400. The van der Waals surface area contributed by atoms with Crippen molar-refractivity contribution >= 4 is 35.1 Å². The lowest BCUT2D eigenvalue weighted by atomic mass is 10.2. The monoisotopic (exact) mass is 292 g/mol. The molecule has 6 nitrogen and oxygen atoms in total. The number of carbonyl (C=O) groups excluding carboxylic acids is 1. The van der Waals surface area contributed by atoms with E-state index in [0.717, 1.165) is 0 Å². The van der Waals surface area contributed by atoms with Crippen molar-refractivity contribution in [1.29, 1.82) is 0 Å². The van der Waals surface area contributed by atoms with E-state index in [1.165, 1.54) is 11.0 Å². The summed E-state index contributed by atoms with van der Waals surface area (Å²) in [5, 5.41) is 9.40. The van der Waals surface area contributed by atoms with E-state index in [1.807, 2.05) is 0 Å². The molecule has 1 atom stereocenters. The fourth-order valence-corrected chi connectivity index (χ4v) is 2.04. The van der Waals surface area contributed by atoms with Gasteiger partial charge >= 0.3 is 5.97 Å². The van der Waals surface area contributed by atoms with E-state index in [2.05, 4.69) is 4.98 Å². The van der Waals surface area contributed by atoms with Crippen LogP contribution in [0.5, 0.6) is 0 Å². The van der Waals surface area contributed by atoms with Crippen LogP contribution in [-0.2, 0) is 9.53 Å². The highest BCUT2D eigenvalue weighted by atomic mass is 35.5. The summed E-state index contributed by atoms with van der Waals surface area (Å²) in [4.78, 5) is 27.0. The highest BCUT2D eigenvalue weighted by Crippen LogP contribution is 2.23. The largest absolute Gasteiger partial charge is 0.480 e. The lowest BCUT2D eigenvalue weighted by molar-refractivity contribution is -0.147. The van der Waals surface area contributed by atoms with Crippen molar-refractivity contribution in [2.45, 2.75) is 6.04 Å². The molecule has 1 amide bonds. The number of nitrogens with one attached hydrogen (secondary N) is 1. The van der Waals surface area contributed by atoms with E-state index < -0.39 is 17.9 Å². The minimum atomic E-state index is -1.10. The second kappa shape index (κ2) is 5.17. The van der Waals surface area contributed by atoms with Crippen molar-refractivity contribution < 1.29 is 19.4 Å². The van der Waals surface area contributed by atoms with Gasteiger partial charge in [0.15, 0.2) is 6.04 Å². The van der Waals surface area contributed by atoms with Crippen LogP contribution in [0.25, 0.3) is 0 Å². The SMILES string of the molecule is O=C(O)[C@H]1COCCN1C(=O)c1cc(Cl)c(Cl)[nH]1. The van der Waals surface area contributed by atoms with Crippen molar-refractivity contribution in [2.24, 2.45) is 0 Å². The molecule has 18 heavy (non-hydrogen) atoms. The molecule has 98 valence electrons. The Morgan fingerprint density at radius 3 is 2.78 bits per heavy atom. The third-order valence-corrected chi connectivity index (χ3v) is 3.32. The predicted molar refractivity (Wildman–Crippen MR) is 64.1 cm³/mol. The first-order valence-electron chi connectivity index (χ1n) is 5.16. The number of aromatic nitrogens is 1. The Hall–Kier alpha value is -1.24. The van der Waals surface area contributed by atoms with Crippen LogP contribution >= 0.6 is 23.2 Å². The molecule has 0 saturated carbocycles. The lowest BCUT2D eigenvalue weighted by Crippen LogP contribution is -2.52. The molecule has 0 aromatic carbocycles. The van der Waals surface area contributed by atoms with Gasteiger partial charge in [0.1, 0.15) is 10.8 Å². The van der Waals surface area contributed by atoms with Gasteiger partial charge in [-0.2, -0.15) is 0 Å². The average molecular weight is 293 g/mol. The zero-order chi connectivity index (χ0) is 13.3. The van der Waals surface area contributed by atoms with Crippen molar-refractivity contribution in [1.82, 2.24) is 9.88 Å². The topological polar surface area (TPSA) is 82.6 Å². The van der Waals surface area contributed by atoms with Gasteiger partial charge in [-0.3, -0.25) is 4.79 Å². The van der Waals surface area contributed by atoms with Crippen molar-refractivity contribution in [3.05, 3.63) is 21.9 Å². The molecule has 1 aromatic heterocycles. The summed E-state index contributed by atoms with van der Waals surface area (Å²) in [7, 11) is 0. The van der Waals surface area contributed by atoms with Crippen LogP contribution < -0.4 is 0 Å². The maximum absolute atomic E-state index is 12.1. The summed E-state index contributed by atoms with van der Waals surface area (Å²) in [6, 6.07) is 0.382. The number of hydrogen-bond acceptors (Lipinski definition) is 3. The Kier molecular flexibility index (Phi) is 3.79. The molecule has 2 N–H and O–H groups in total. The molecule has 0 unspecified atom stereocenters.